The van der Waals surface area contributed by atoms with Crippen LogP contribution in [0, 0.1) is 5.92 Å². The van der Waals surface area contributed by atoms with E-state index in [1.165, 1.54) is 12.8 Å². The molecular formula is C16H24ClNO2. The molecule has 0 aliphatic carbocycles. The second-order valence-corrected chi connectivity index (χ2v) is 6.11. The summed E-state index contributed by atoms with van der Waals surface area (Å²) in [7, 11) is 3.33. The van der Waals surface area contributed by atoms with E-state index in [9.17, 15) is 0 Å². The fourth-order valence-electron chi connectivity index (χ4n) is 2.85. The molecule has 112 valence electrons. The van der Waals surface area contributed by atoms with Crippen molar-refractivity contribution in [1.29, 1.82) is 0 Å². The highest BCUT2D eigenvalue weighted by molar-refractivity contribution is 6.21. The lowest BCUT2D eigenvalue weighted by Gasteiger charge is -2.32. The molecule has 2 unspecified atom stereocenters. The van der Waals surface area contributed by atoms with E-state index in [1.807, 2.05) is 18.2 Å². The molecule has 3 nitrogen and oxygen atoms in total. The number of hydrogen-bond donors (Lipinski definition) is 0. The summed E-state index contributed by atoms with van der Waals surface area (Å²) in [6.07, 6.45) is 2.60. The van der Waals surface area contributed by atoms with Crippen LogP contribution in [0.15, 0.2) is 18.2 Å². The molecule has 4 heteroatoms. The van der Waals surface area contributed by atoms with Gasteiger partial charge < -0.3 is 14.4 Å². The topological polar surface area (TPSA) is 21.7 Å². The van der Waals surface area contributed by atoms with Gasteiger partial charge in [-0.2, -0.15) is 0 Å². The van der Waals surface area contributed by atoms with Crippen LogP contribution in [0.3, 0.4) is 0 Å². The molecule has 1 aliphatic rings. The Bertz CT molecular complexity index is 438. The monoisotopic (exact) mass is 297 g/mol. The average molecular weight is 298 g/mol. The molecule has 0 radical (unpaired) electrons. The lowest BCUT2D eigenvalue weighted by Crippen LogP contribution is -2.36. The van der Waals surface area contributed by atoms with Crippen LogP contribution in [0.4, 0.5) is 0 Å². The largest absolute Gasteiger partial charge is 0.497 e. The molecule has 0 bridgehead atoms. The fourth-order valence-corrected chi connectivity index (χ4v) is 3.23. The maximum atomic E-state index is 6.60. The van der Waals surface area contributed by atoms with Gasteiger partial charge in [0.2, 0.25) is 0 Å². The molecule has 1 aromatic rings. The van der Waals surface area contributed by atoms with Crippen LogP contribution in [0.25, 0.3) is 0 Å². The van der Waals surface area contributed by atoms with E-state index in [0.29, 0.717) is 0 Å². The molecule has 20 heavy (non-hydrogen) atoms. The molecule has 0 amide bonds. The Balaban J connectivity index is 2.06. The molecule has 2 atom stereocenters. The number of piperidine rings is 1. The smallest absolute Gasteiger partial charge is 0.127 e. The van der Waals surface area contributed by atoms with Crippen LogP contribution >= 0.6 is 11.6 Å². The molecular weight excluding hydrogens is 274 g/mol. The van der Waals surface area contributed by atoms with Crippen molar-refractivity contribution in [3.05, 3.63) is 23.8 Å². The van der Waals surface area contributed by atoms with Gasteiger partial charge in [-0.15, -0.1) is 11.6 Å². The first-order valence-corrected chi connectivity index (χ1v) is 7.66. The summed E-state index contributed by atoms with van der Waals surface area (Å²) in [5, 5.41) is -0.0545. The third-order valence-corrected chi connectivity index (χ3v) is 4.31. The number of alkyl halides is 1. The summed E-state index contributed by atoms with van der Waals surface area (Å²) < 4.78 is 10.7. The first-order valence-electron chi connectivity index (χ1n) is 7.22. The van der Waals surface area contributed by atoms with E-state index in [-0.39, 0.29) is 5.38 Å². The molecule has 0 spiro atoms. The zero-order valence-corrected chi connectivity index (χ0v) is 13.3. The molecule has 0 saturated carbocycles. The number of hydrogen-bond acceptors (Lipinski definition) is 3. The van der Waals surface area contributed by atoms with Crippen molar-refractivity contribution >= 4 is 11.6 Å². The molecule has 1 aliphatic heterocycles. The first-order chi connectivity index (χ1) is 9.63. The van der Waals surface area contributed by atoms with Gasteiger partial charge in [-0.25, -0.2) is 0 Å². The molecule has 0 N–H and O–H groups in total. The Morgan fingerprint density at radius 3 is 2.80 bits per heavy atom. The highest BCUT2D eigenvalue weighted by atomic mass is 35.5. The Hall–Kier alpha value is -0.930. The van der Waals surface area contributed by atoms with Gasteiger partial charge in [-0.05, 0) is 31.4 Å². The molecule has 2 rings (SSSR count). The van der Waals surface area contributed by atoms with Crippen LogP contribution in [0.1, 0.15) is 30.7 Å². The van der Waals surface area contributed by atoms with Gasteiger partial charge in [-0.1, -0.05) is 13.0 Å². The minimum absolute atomic E-state index is 0.0545. The number of nitrogens with zero attached hydrogens (tertiary/aromatic N) is 1. The predicted molar refractivity (Wildman–Crippen MR) is 83.0 cm³/mol. The van der Waals surface area contributed by atoms with Gasteiger partial charge in [0.05, 0.1) is 19.6 Å². The predicted octanol–water partition coefficient (Wildman–Crippen LogP) is 3.72. The van der Waals surface area contributed by atoms with E-state index in [2.05, 4.69) is 11.8 Å². The summed E-state index contributed by atoms with van der Waals surface area (Å²) in [6.45, 7) is 5.46. The number of halogens is 1. The van der Waals surface area contributed by atoms with E-state index in [4.69, 9.17) is 21.1 Å². The molecule has 0 aromatic heterocycles. The lowest BCUT2D eigenvalue weighted by molar-refractivity contribution is 0.183. The average Bonchev–Trinajstić information content (AvgIpc) is 2.46. The second kappa shape index (κ2) is 7.19. The molecule has 1 fully saturated rings. The molecule has 1 aromatic carbocycles. The molecule has 1 saturated heterocycles. The number of benzene rings is 1. The summed E-state index contributed by atoms with van der Waals surface area (Å²) in [6, 6.07) is 5.83. The van der Waals surface area contributed by atoms with Crippen LogP contribution in [0.2, 0.25) is 0 Å². The second-order valence-electron chi connectivity index (χ2n) is 5.58. The summed E-state index contributed by atoms with van der Waals surface area (Å²) >= 11 is 6.60. The minimum atomic E-state index is -0.0545. The third-order valence-electron chi connectivity index (χ3n) is 3.94. The van der Waals surface area contributed by atoms with E-state index in [0.717, 1.165) is 42.6 Å². The molecule has 1 heterocycles. The Morgan fingerprint density at radius 2 is 2.15 bits per heavy atom. The SMILES string of the molecule is COc1ccc(C(Cl)CN2CCCC(C)C2)c(OC)c1. The Morgan fingerprint density at radius 1 is 1.35 bits per heavy atom. The summed E-state index contributed by atoms with van der Waals surface area (Å²) in [5.41, 5.74) is 1.04. The third kappa shape index (κ3) is 3.80. The van der Waals surface area contributed by atoms with E-state index < -0.39 is 0 Å². The van der Waals surface area contributed by atoms with Gasteiger partial charge in [0.15, 0.2) is 0 Å². The van der Waals surface area contributed by atoms with Crippen molar-refractivity contribution in [3.63, 3.8) is 0 Å². The Kier molecular flexibility index (Phi) is 5.55. The van der Waals surface area contributed by atoms with Crippen LogP contribution < -0.4 is 9.47 Å². The van der Waals surface area contributed by atoms with Crippen molar-refractivity contribution in [1.82, 2.24) is 4.90 Å². The lowest BCUT2D eigenvalue weighted by atomic mass is 9.99. The zero-order chi connectivity index (χ0) is 14.5. The zero-order valence-electron chi connectivity index (χ0n) is 12.6. The maximum absolute atomic E-state index is 6.60. The standard InChI is InChI=1S/C16H24ClNO2/c1-12-5-4-8-18(10-12)11-15(17)14-7-6-13(19-2)9-16(14)20-3/h6-7,9,12,15H,4-5,8,10-11H2,1-3H3. The van der Waals surface area contributed by atoms with E-state index >= 15 is 0 Å². The van der Waals surface area contributed by atoms with Gasteiger partial charge in [0, 0.05) is 24.7 Å². The number of methoxy groups -OCH3 is 2. The van der Waals surface area contributed by atoms with Crippen molar-refractivity contribution in [2.45, 2.75) is 25.1 Å². The van der Waals surface area contributed by atoms with Crippen molar-refractivity contribution in [2.24, 2.45) is 5.92 Å². The van der Waals surface area contributed by atoms with Crippen molar-refractivity contribution < 1.29 is 9.47 Å². The summed E-state index contributed by atoms with van der Waals surface area (Å²) in [4.78, 5) is 2.45. The maximum Gasteiger partial charge on any atom is 0.127 e. The highest BCUT2D eigenvalue weighted by Crippen LogP contribution is 2.34. The Labute approximate surface area is 126 Å². The fraction of sp³-hybridized carbons (Fsp3) is 0.625. The quantitative estimate of drug-likeness (QED) is 0.773. The minimum Gasteiger partial charge on any atom is -0.497 e. The van der Waals surface area contributed by atoms with Crippen LogP contribution in [0.5, 0.6) is 11.5 Å². The number of rotatable bonds is 5. The number of likely N-dealkylation sites (tertiary alicyclic amines) is 1. The van der Waals surface area contributed by atoms with Gasteiger partial charge in [0.1, 0.15) is 11.5 Å². The van der Waals surface area contributed by atoms with Crippen LogP contribution in [-0.2, 0) is 0 Å². The van der Waals surface area contributed by atoms with E-state index in [1.54, 1.807) is 14.2 Å². The van der Waals surface area contributed by atoms with Crippen molar-refractivity contribution in [3.8, 4) is 11.5 Å². The summed E-state index contributed by atoms with van der Waals surface area (Å²) in [5.74, 6) is 2.36. The van der Waals surface area contributed by atoms with Gasteiger partial charge in [0.25, 0.3) is 0 Å². The van der Waals surface area contributed by atoms with Crippen molar-refractivity contribution in [2.75, 3.05) is 33.9 Å². The first kappa shape index (κ1) is 15.5. The number of ether oxygens (including phenoxy) is 2. The van der Waals surface area contributed by atoms with Gasteiger partial charge in [-0.3, -0.25) is 0 Å². The van der Waals surface area contributed by atoms with Crippen LogP contribution in [-0.4, -0.2) is 38.8 Å². The highest BCUT2D eigenvalue weighted by Gasteiger charge is 2.21. The van der Waals surface area contributed by atoms with Gasteiger partial charge >= 0.3 is 0 Å². The normalized spacial score (nSPS) is 21.5.